The van der Waals surface area contributed by atoms with Gasteiger partial charge in [0.15, 0.2) is 0 Å². The molecule has 3 nitrogen and oxygen atoms in total. The zero-order valence-electron chi connectivity index (χ0n) is 10.3. The molecule has 1 amide bonds. The lowest BCUT2D eigenvalue weighted by Crippen LogP contribution is -2.48. The minimum atomic E-state index is -4.31. The average Bonchev–Trinajstić information content (AvgIpc) is 3.08. The summed E-state index contributed by atoms with van der Waals surface area (Å²) in [5.74, 6) is -0.475. The zero-order chi connectivity index (χ0) is 13.2. The van der Waals surface area contributed by atoms with Crippen LogP contribution in [0.5, 0.6) is 0 Å². The van der Waals surface area contributed by atoms with E-state index in [2.05, 4.69) is 10.6 Å². The molecule has 1 atom stereocenters. The molecule has 0 aromatic rings. The summed E-state index contributed by atoms with van der Waals surface area (Å²) in [6, 6.07) is 0.283. The second-order valence-electron chi connectivity index (χ2n) is 5.31. The van der Waals surface area contributed by atoms with Crippen LogP contribution in [0.15, 0.2) is 0 Å². The van der Waals surface area contributed by atoms with Gasteiger partial charge in [0.25, 0.3) is 0 Å². The van der Waals surface area contributed by atoms with Gasteiger partial charge in [-0.05, 0) is 38.6 Å². The Balaban J connectivity index is 1.72. The topological polar surface area (TPSA) is 41.1 Å². The zero-order valence-corrected chi connectivity index (χ0v) is 10.3. The van der Waals surface area contributed by atoms with Gasteiger partial charge in [0.1, 0.15) is 5.54 Å². The van der Waals surface area contributed by atoms with Gasteiger partial charge in [-0.25, -0.2) is 0 Å². The van der Waals surface area contributed by atoms with Gasteiger partial charge in [-0.15, -0.1) is 0 Å². The monoisotopic (exact) mass is 264 g/mol. The minimum Gasteiger partial charge on any atom is -0.342 e. The Labute approximate surface area is 104 Å². The van der Waals surface area contributed by atoms with E-state index in [0.29, 0.717) is 6.42 Å². The summed E-state index contributed by atoms with van der Waals surface area (Å²) >= 11 is 0. The van der Waals surface area contributed by atoms with Gasteiger partial charge in [0.05, 0.1) is 0 Å². The van der Waals surface area contributed by atoms with Crippen molar-refractivity contribution in [3.63, 3.8) is 0 Å². The van der Waals surface area contributed by atoms with Gasteiger partial charge in [-0.3, -0.25) is 4.79 Å². The summed E-state index contributed by atoms with van der Waals surface area (Å²) in [5.41, 5.74) is -1.91. The molecular weight excluding hydrogens is 245 g/mol. The number of hydrogen-bond donors (Lipinski definition) is 2. The average molecular weight is 264 g/mol. The quantitative estimate of drug-likeness (QED) is 0.816. The molecule has 104 valence electrons. The van der Waals surface area contributed by atoms with Crippen LogP contribution in [-0.2, 0) is 4.79 Å². The van der Waals surface area contributed by atoms with Crippen LogP contribution >= 0.6 is 0 Å². The highest BCUT2D eigenvalue weighted by Gasteiger charge is 2.64. The summed E-state index contributed by atoms with van der Waals surface area (Å²) in [6.45, 7) is 0.943. The molecule has 1 aliphatic heterocycles. The van der Waals surface area contributed by atoms with Crippen LogP contribution in [0.2, 0.25) is 0 Å². The molecule has 2 fully saturated rings. The first-order valence-corrected chi connectivity index (χ1v) is 6.54. The Bertz CT molecular complexity index is 307. The molecular formula is C12H19F3N2O. The van der Waals surface area contributed by atoms with Crippen molar-refractivity contribution >= 4 is 5.91 Å². The number of piperidine rings is 1. The Hall–Kier alpha value is -0.780. The molecule has 1 heterocycles. The van der Waals surface area contributed by atoms with Crippen LogP contribution in [0, 0.1) is 0 Å². The van der Waals surface area contributed by atoms with E-state index in [1.165, 1.54) is 0 Å². The van der Waals surface area contributed by atoms with E-state index in [1.807, 2.05) is 0 Å². The molecule has 2 rings (SSSR count). The van der Waals surface area contributed by atoms with Crippen LogP contribution < -0.4 is 10.6 Å². The molecule has 0 aromatic carbocycles. The highest BCUT2D eigenvalue weighted by molar-refractivity contribution is 5.77. The molecule has 2 aliphatic rings. The van der Waals surface area contributed by atoms with Gasteiger partial charge >= 0.3 is 6.18 Å². The Morgan fingerprint density at radius 2 is 2.06 bits per heavy atom. The summed E-state index contributed by atoms with van der Waals surface area (Å²) in [7, 11) is 0. The highest BCUT2D eigenvalue weighted by atomic mass is 19.4. The molecule has 6 heteroatoms. The van der Waals surface area contributed by atoms with Gasteiger partial charge in [0, 0.05) is 12.5 Å². The molecule has 1 saturated heterocycles. The molecule has 2 N–H and O–H groups in total. The van der Waals surface area contributed by atoms with Crippen LogP contribution in [-0.4, -0.2) is 30.2 Å². The highest BCUT2D eigenvalue weighted by Crippen LogP contribution is 2.48. The molecule has 0 radical (unpaired) electrons. The number of alkyl halides is 3. The third-order valence-electron chi connectivity index (χ3n) is 3.80. The summed E-state index contributed by atoms with van der Waals surface area (Å²) in [5, 5.41) is 5.44. The SMILES string of the molecule is O=C(CCC1CCCCN1)NC1(C(F)(F)F)CC1. The van der Waals surface area contributed by atoms with Crippen molar-refractivity contribution in [2.24, 2.45) is 0 Å². The van der Waals surface area contributed by atoms with Crippen molar-refractivity contribution in [1.82, 2.24) is 10.6 Å². The van der Waals surface area contributed by atoms with Gasteiger partial charge < -0.3 is 10.6 Å². The number of carbonyl (C=O) groups excluding carboxylic acids is 1. The number of amides is 1. The first kappa shape index (κ1) is 13.6. The van der Waals surface area contributed by atoms with Gasteiger partial charge in [-0.2, -0.15) is 13.2 Å². The van der Waals surface area contributed by atoms with E-state index in [0.717, 1.165) is 25.8 Å². The van der Waals surface area contributed by atoms with Gasteiger partial charge in [0.2, 0.25) is 5.91 Å². The Morgan fingerprint density at radius 3 is 2.56 bits per heavy atom. The molecule has 0 bridgehead atoms. The maximum Gasteiger partial charge on any atom is 0.411 e. The maximum atomic E-state index is 12.6. The number of carbonyl (C=O) groups is 1. The fraction of sp³-hybridized carbons (Fsp3) is 0.917. The maximum absolute atomic E-state index is 12.6. The van der Waals surface area contributed by atoms with Crippen molar-refractivity contribution in [2.75, 3.05) is 6.54 Å². The third-order valence-corrected chi connectivity index (χ3v) is 3.80. The van der Waals surface area contributed by atoms with Crippen molar-refractivity contribution in [1.29, 1.82) is 0 Å². The second kappa shape index (κ2) is 5.07. The molecule has 0 spiro atoms. The van der Waals surface area contributed by atoms with Crippen LogP contribution in [0.1, 0.15) is 44.9 Å². The number of hydrogen-bond acceptors (Lipinski definition) is 2. The Morgan fingerprint density at radius 1 is 1.33 bits per heavy atom. The molecule has 1 saturated carbocycles. The minimum absolute atomic E-state index is 0.0178. The number of halogens is 3. The van der Waals surface area contributed by atoms with E-state index in [1.54, 1.807) is 0 Å². The van der Waals surface area contributed by atoms with Crippen LogP contribution in [0.25, 0.3) is 0 Å². The molecule has 1 aliphatic carbocycles. The lowest BCUT2D eigenvalue weighted by molar-refractivity contribution is -0.170. The van der Waals surface area contributed by atoms with E-state index in [-0.39, 0.29) is 25.3 Å². The van der Waals surface area contributed by atoms with E-state index < -0.39 is 17.6 Å². The second-order valence-corrected chi connectivity index (χ2v) is 5.31. The predicted octanol–water partition coefficient (Wildman–Crippen LogP) is 2.12. The predicted molar refractivity (Wildman–Crippen MR) is 61.0 cm³/mol. The van der Waals surface area contributed by atoms with Gasteiger partial charge in [-0.1, -0.05) is 6.42 Å². The summed E-state index contributed by atoms with van der Waals surface area (Å²) in [6.07, 6.45) is -0.196. The Kier molecular flexibility index (Phi) is 3.84. The first-order chi connectivity index (χ1) is 8.43. The van der Waals surface area contributed by atoms with Crippen LogP contribution in [0.3, 0.4) is 0 Å². The van der Waals surface area contributed by atoms with Crippen molar-refractivity contribution in [3.8, 4) is 0 Å². The molecule has 0 aromatic heterocycles. The van der Waals surface area contributed by atoms with E-state index >= 15 is 0 Å². The molecule has 1 unspecified atom stereocenters. The first-order valence-electron chi connectivity index (χ1n) is 6.54. The fourth-order valence-corrected chi connectivity index (χ4v) is 2.41. The lowest BCUT2D eigenvalue weighted by Gasteiger charge is -2.24. The van der Waals surface area contributed by atoms with E-state index in [9.17, 15) is 18.0 Å². The number of rotatable bonds is 4. The smallest absolute Gasteiger partial charge is 0.342 e. The van der Waals surface area contributed by atoms with Crippen molar-refractivity contribution < 1.29 is 18.0 Å². The van der Waals surface area contributed by atoms with Crippen LogP contribution in [0.4, 0.5) is 13.2 Å². The molecule has 18 heavy (non-hydrogen) atoms. The van der Waals surface area contributed by atoms with Crippen molar-refractivity contribution in [3.05, 3.63) is 0 Å². The lowest BCUT2D eigenvalue weighted by atomic mass is 10.0. The van der Waals surface area contributed by atoms with Crippen molar-refractivity contribution in [2.45, 2.75) is 62.7 Å². The normalized spacial score (nSPS) is 26.7. The fourth-order valence-electron chi connectivity index (χ4n) is 2.41. The third kappa shape index (κ3) is 3.16. The summed E-state index contributed by atoms with van der Waals surface area (Å²) in [4.78, 5) is 11.5. The number of nitrogens with one attached hydrogen (secondary N) is 2. The standard InChI is InChI=1S/C12H19F3N2O/c13-12(14,15)11(6-7-11)17-10(18)5-4-9-3-1-2-8-16-9/h9,16H,1-8H2,(H,17,18). The summed E-state index contributed by atoms with van der Waals surface area (Å²) < 4.78 is 37.9. The largest absolute Gasteiger partial charge is 0.411 e. The van der Waals surface area contributed by atoms with E-state index in [4.69, 9.17) is 0 Å².